The van der Waals surface area contributed by atoms with Gasteiger partial charge < -0.3 is 29.7 Å². The lowest BCUT2D eigenvalue weighted by Crippen LogP contribution is -2.59. The lowest BCUT2D eigenvalue weighted by atomic mass is 9.99. The first-order chi connectivity index (χ1) is 19.7. The average Bonchev–Trinajstić information content (AvgIpc) is 3.37. The summed E-state index contributed by atoms with van der Waals surface area (Å²) >= 11 is 0. The van der Waals surface area contributed by atoms with Crippen LogP contribution in [0.1, 0.15) is 22.5 Å². The summed E-state index contributed by atoms with van der Waals surface area (Å²) in [5.41, 5.74) is 8.55. The van der Waals surface area contributed by atoms with Crippen molar-refractivity contribution in [1.82, 2.24) is 24.3 Å². The van der Waals surface area contributed by atoms with Crippen LogP contribution >= 0.6 is 0 Å². The highest BCUT2D eigenvalue weighted by Gasteiger charge is 2.39. The number of nitrogens with two attached hydrogens (primary N) is 1. The number of methoxy groups -OCH3 is 1. The minimum Gasteiger partial charge on any atom is -0.497 e. The van der Waals surface area contributed by atoms with Crippen LogP contribution in [0, 0.1) is 10.1 Å². The molecule has 0 saturated carbocycles. The molecule has 41 heavy (non-hydrogen) atoms. The van der Waals surface area contributed by atoms with Gasteiger partial charge in [0.1, 0.15) is 11.8 Å². The highest BCUT2D eigenvalue weighted by Crippen LogP contribution is 2.27. The Bertz CT molecular complexity index is 1460. The number of nitro groups is 1. The van der Waals surface area contributed by atoms with Crippen molar-refractivity contribution in [3.05, 3.63) is 87.5 Å². The Morgan fingerprint density at radius 1 is 1.05 bits per heavy atom. The van der Waals surface area contributed by atoms with Crippen molar-refractivity contribution in [3.63, 3.8) is 0 Å². The first kappa shape index (κ1) is 27.6. The molecule has 3 aromatic rings. The van der Waals surface area contributed by atoms with Crippen LogP contribution in [-0.4, -0.2) is 86.4 Å². The topological polar surface area (TPSA) is 157 Å². The Morgan fingerprint density at radius 3 is 2.41 bits per heavy atom. The maximum absolute atomic E-state index is 13.8. The molecule has 0 radical (unpaired) electrons. The number of imidazole rings is 1. The molecular weight excluding hydrogens is 530 g/mol. The molecule has 2 aliphatic heterocycles. The maximum Gasteiger partial charge on any atom is 0.314 e. The third kappa shape index (κ3) is 5.98. The van der Waals surface area contributed by atoms with Gasteiger partial charge in [0, 0.05) is 51.3 Å². The molecule has 2 N–H and O–H groups in total. The molecule has 1 saturated heterocycles. The van der Waals surface area contributed by atoms with Crippen LogP contribution < -0.4 is 10.5 Å². The summed E-state index contributed by atoms with van der Waals surface area (Å²) in [5.74, 6) is 0.238. The van der Waals surface area contributed by atoms with E-state index < -0.39 is 17.0 Å². The fraction of sp³-hybridized carbons (Fsp3) is 0.357. The van der Waals surface area contributed by atoms with Crippen molar-refractivity contribution in [3.8, 4) is 5.75 Å². The van der Waals surface area contributed by atoms with Crippen LogP contribution in [0.2, 0.25) is 0 Å². The van der Waals surface area contributed by atoms with E-state index in [0.717, 1.165) is 22.5 Å². The molecule has 13 nitrogen and oxygen atoms in total. The van der Waals surface area contributed by atoms with Gasteiger partial charge in [-0.3, -0.25) is 19.7 Å². The summed E-state index contributed by atoms with van der Waals surface area (Å²) in [6.07, 6.45) is 2.01. The van der Waals surface area contributed by atoms with E-state index >= 15 is 0 Å². The normalized spacial score (nSPS) is 16.7. The minimum atomic E-state index is -0.747. The molecule has 2 aliphatic rings. The molecule has 4 amide bonds. The lowest BCUT2D eigenvalue weighted by molar-refractivity contribution is -0.384. The number of non-ortho nitro benzene ring substituents is 1. The maximum atomic E-state index is 13.8. The third-order valence-corrected chi connectivity index (χ3v) is 7.61. The Morgan fingerprint density at radius 2 is 1.76 bits per heavy atom. The van der Waals surface area contributed by atoms with Gasteiger partial charge in [-0.05, 0) is 23.3 Å². The molecule has 2 aromatic carbocycles. The van der Waals surface area contributed by atoms with E-state index in [0.29, 0.717) is 38.5 Å². The van der Waals surface area contributed by atoms with E-state index in [-0.39, 0.29) is 36.9 Å². The zero-order valence-electron chi connectivity index (χ0n) is 22.6. The quantitative estimate of drug-likeness (QED) is 0.339. The van der Waals surface area contributed by atoms with Crippen LogP contribution in [0.3, 0.4) is 0 Å². The van der Waals surface area contributed by atoms with Crippen LogP contribution in [0.25, 0.3) is 0 Å². The number of nitro benzene ring substituents is 1. The number of piperazine rings is 1. The Balaban J connectivity index is 1.40. The smallest absolute Gasteiger partial charge is 0.314 e. The number of amides is 4. The highest BCUT2D eigenvalue weighted by atomic mass is 16.6. The predicted octanol–water partition coefficient (Wildman–Crippen LogP) is 1.57. The molecule has 0 bridgehead atoms. The van der Waals surface area contributed by atoms with E-state index in [4.69, 9.17) is 10.5 Å². The molecule has 214 valence electrons. The number of fused-ring (bicyclic) bond motifs is 1. The summed E-state index contributed by atoms with van der Waals surface area (Å²) < 4.78 is 7.21. The first-order valence-electron chi connectivity index (χ1n) is 13.2. The second-order valence-electron chi connectivity index (χ2n) is 10.1. The van der Waals surface area contributed by atoms with Gasteiger partial charge in [0.2, 0.25) is 11.8 Å². The largest absolute Gasteiger partial charge is 0.497 e. The van der Waals surface area contributed by atoms with Gasteiger partial charge >= 0.3 is 6.03 Å². The molecule has 3 heterocycles. The van der Waals surface area contributed by atoms with E-state index in [1.165, 1.54) is 17.0 Å². The number of urea groups is 1. The second-order valence-corrected chi connectivity index (χ2v) is 10.1. The fourth-order valence-corrected chi connectivity index (χ4v) is 5.32. The van der Waals surface area contributed by atoms with Crippen LogP contribution in [0.4, 0.5) is 10.5 Å². The monoisotopic (exact) mass is 561 g/mol. The molecule has 1 fully saturated rings. The lowest BCUT2D eigenvalue weighted by Gasteiger charge is -2.40. The summed E-state index contributed by atoms with van der Waals surface area (Å²) in [4.78, 5) is 59.0. The van der Waals surface area contributed by atoms with Gasteiger partial charge in [-0.15, -0.1) is 0 Å². The van der Waals surface area contributed by atoms with Crippen LogP contribution in [0.15, 0.2) is 54.9 Å². The van der Waals surface area contributed by atoms with Gasteiger partial charge in [-0.25, -0.2) is 9.78 Å². The van der Waals surface area contributed by atoms with Gasteiger partial charge in [-0.2, -0.15) is 0 Å². The van der Waals surface area contributed by atoms with E-state index in [9.17, 15) is 24.5 Å². The van der Waals surface area contributed by atoms with E-state index in [2.05, 4.69) is 4.98 Å². The van der Waals surface area contributed by atoms with Gasteiger partial charge in [0.05, 0.1) is 42.7 Å². The number of carbonyl (C=O) groups is 3. The van der Waals surface area contributed by atoms with Crippen LogP contribution in [-0.2, 0) is 35.5 Å². The molecule has 5 rings (SSSR count). The number of hydrogen-bond donors (Lipinski definition) is 1. The minimum absolute atomic E-state index is 0.00809. The van der Waals surface area contributed by atoms with Crippen molar-refractivity contribution in [2.45, 2.75) is 32.0 Å². The van der Waals surface area contributed by atoms with Crippen LogP contribution in [0.5, 0.6) is 5.75 Å². The highest BCUT2D eigenvalue weighted by molar-refractivity contribution is 5.89. The van der Waals surface area contributed by atoms with Crippen molar-refractivity contribution in [2.75, 3.05) is 33.3 Å². The van der Waals surface area contributed by atoms with Gasteiger partial charge in [-0.1, -0.05) is 24.3 Å². The van der Waals surface area contributed by atoms with Crippen molar-refractivity contribution in [2.24, 2.45) is 5.73 Å². The third-order valence-electron chi connectivity index (χ3n) is 7.61. The number of nitrogens with zero attached hydrogens (tertiary/aromatic N) is 6. The fourth-order valence-electron chi connectivity index (χ4n) is 5.32. The van der Waals surface area contributed by atoms with Crippen molar-refractivity contribution >= 4 is 23.5 Å². The number of primary amides is 1. The number of rotatable bonds is 7. The van der Waals surface area contributed by atoms with Crippen molar-refractivity contribution < 1.29 is 24.0 Å². The number of hydrogen-bond acceptors (Lipinski definition) is 7. The number of carbonyl (C=O) groups excluding carboxylic acids is 3. The molecule has 1 unspecified atom stereocenters. The molecular formula is C28H31N7O6. The zero-order valence-corrected chi connectivity index (χ0v) is 22.6. The average molecular weight is 562 g/mol. The molecule has 0 aliphatic carbocycles. The summed E-state index contributed by atoms with van der Waals surface area (Å²) in [6, 6.07) is 12.3. The van der Waals surface area contributed by atoms with E-state index in [1.54, 1.807) is 47.5 Å². The standard InChI is InChI=1S/C28H31N7O6/c1-41-22-4-2-3-20(13-22)14-26(36)34-17-25-23(15-24(34)27(37)31-9-11-32(12-10-31)28(29)38)30-18-33(25)16-19-5-7-21(8-6-19)35(39)40/h2-8,13,18,24H,9-12,14-17H2,1H3,(H2,29,38). The molecule has 13 heteroatoms. The number of ether oxygens (including phenoxy) is 1. The zero-order chi connectivity index (χ0) is 29.1. The Hall–Kier alpha value is -4.94. The molecule has 1 aromatic heterocycles. The van der Waals surface area contributed by atoms with Crippen molar-refractivity contribution in [1.29, 1.82) is 0 Å². The number of benzene rings is 2. The summed E-state index contributed by atoms with van der Waals surface area (Å²) in [5, 5.41) is 11.0. The summed E-state index contributed by atoms with van der Waals surface area (Å²) in [7, 11) is 1.56. The molecule has 0 spiro atoms. The first-order valence-corrected chi connectivity index (χ1v) is 13.2. The summed E-state index contributed by atoms with van der Waals surface area (Å²) in [6.45, 7) is 1.92. The second kappa shape index (κ2) is 11.7. The van der Waals surface area contributed by atoms with Gasteiger partial charge in [0.25, 0.3) is 5.69 Å². The predicted molar refractivity (Wildman–Crippen MR) is 147 cm³/mol. The Labute approximate surface area is 236 Å². The van der Waals surface area contributed by atoms with E-state index in [1.807, 2.05) is 16.7 Å². The number of aromatic nitrogens is 2. The molecule has 1 atom stereocenters. The SMILES string of the molecule is COc1cccc(CC(=O)N2Cc3c(ncn3Cc3ccc([N+](=O)[O-])cc3)CC2C(=O)N2CCN(C(N)=O)CC2)c1. The Kier molecular flexibility index (Phi) is 7.86. The van der Waals surface area contributed by atoms with Gasteiger partial charge in [0.15, 0.2) is 0 Å².